The minimum Gasteiger partial charge on any atom is -0.337 e. The van der Waals surface area contributed by atoms with Crippen LogP contribution in [-0.2, 0) is 4.79 Å². The van der Waals surface area contributed by atoms with Gasteiger partial charge in [0.25, 0.3) is 0 Å². The van der Waals surface area contributed by atoms with Crippen LogP contribution in [-0.4, -0.2) is 40.5 Å². The van der Waals surface area contributed by atoms with Crippen molar-refractivity contribution in [3.05, 3.63) is 114 Å². The largest absolute Gasteiger partial charge is 0.337 e. The molecular weight excluding hydrogens is 496 g/mol. The Morgan fingerprint density at radius 2 is 1.43 bits per heavy atom. The summed E-state index contributed by atoms with van der Waals surface area (Å²) in [7, 11) is 0. The standard InChI is InChI=1S/C34H40N4O2/c1-23(2)38(24(3)4)33(39)32(28-17-12-20-35-21-28)31(27-13-7-6-8-14-27)22-36-34(40)37-25(5)29-19-11-16-26-15-9-10-18-30(26)29/h6-21,23-25,31-32H,22H2,1-5H3,(H2,36,37,40). The van der Waals surface area contributed by atoms with Crippen LogP contribution in [0.4, 0.5) is 4.79 Å². The van der Waals surface area contributed by atoms with E-state index in [0.717, 1.165) is 27.5 Å². The van der Waals surface area contributed by atoms with Gasteiger partial charge in [0.15, 0.2) is 0 Å². The van der Waals surface area contributed by atoms with Crippen molar-refractivity contribution in [1.29, 1.82) is 0 Å². The number of fused-ring (bicyclic) bond motifs is 1. The van der Waals surface area contributed by atoms with E-state index in [1.54, 1.807) is 12.4 Å². The zero-order valence-corrected chi connectivity index (χ0v) is 24.0. The van der Waals surface area contributed by atoms with Gasteiger partial charge in [-0.1, -0.05) is 78.9 Å². The van der Waals surface area contributed by atoms with Gasteiger partial charge in [0.1, 0.15) is 0 Å². The molecule has 0 aliphatic carbocycles. The first kappa shape index (κ1) is 28.8. The van der Waals surface area contributed by atoms with Crippen LogP contribution < -0.4 is 10.6 Å². The summed E-state index contributed by atoms with van der Waals surface area (Å²) >= 11 is 0. The summed E-state index contributed by atoms with van der Waals surface area (Å²) in [4.78, 5) is 33.8. The first-order valence-corrected chi connectivity index (χ1v) is 14.1. The number of amides is 3. The van der Waals surface area contributed by atoms with Gasteiger partial charge >= 0.3 is 6.03 Å². The van der Waals surface area contributed by atoms with Crippen LogP contribution in [0.5, 0.6) is 0 Å². The molecule has 0 aliphatic rings. The summed E-state index contributed by atoms with van der Waals surface area (Å²) in [6.45, 7) is 10.4. The van der Waals surface area contributed by atoms with Crippen LogP contribution in [0, 0.1) is 0 Å². The topological polar surface area (TPSA) is 74.3 Å². The molecule has 208 valence electrons. The highest BCUT2D eigenvalue weighted by Gasteiger charge is 2.36. The molecule has 3 atom stereocenters. The average Bonchev–Trinajstić information content (AvgIpc) is 2.95. The number of pyridine rings is 1. The second-order valence-corrected chi connectivity index (χ2v) is 10.9. The van der Waals surface area contributed by atoms with E-state index in [9.17, 15) is 9.59 Å². The molecule has 6 heteroatoms. The van der Waals surface area contributed by atoms with Gasteiger partial charge in [-0.05, 0) is 68.1 Å². The van der Waals surface area contributed by atoms with Gasteiger partial charge in [-0.3, -0.25) is 9.78 Å². The van der Waals surface area contributed by atoms with Gasteiger partial charge in [-0.15, -0.1) is 0 Å². The molecule has 2 N–H and O–H groups in total. The average molecular weight is 537 g/mol. The van der Waals surface area contributed by atoms with E-state index >= 15 is 0 Å². The highest BCUT2D eigenvalue weighted by Crippen LogP contribution is 2.35. The summed E-state index contributed by atoms with van der Waals surface area (Å²) in [5.74, 6) is -0.786. The van der Waals surface area contributed by atoms with Crippen LogP contribution in [0.2, 0.25) is 0 Å². The smallest absolute Gasteiger partial charge is 0.315 e. The van der Waals surface area contributed by atoms with Gasteiger partial charge in [-0.2, -0.15) is 0 Å². The van der Waals surface area contributed by atoms with E-state index in [1.807, 2.05) is 106 Å². The number of hydrogen-bond donors (Lipinski definition) is 2. The van der Waals surface area contributed by atoms with E-state index in [-0.39, 0.29) is 42.5 Å². The number of carbonyl (C=O) groups is 2. The molecule has 0 saturated carbocycles. The van der Waals surface area contributed by atoms with Crippen molar-refractivity contribution < 1.29 is 9.59 Å². The number of carbonyl (C=O) groups excluding carboxylic acids is 2. The second-order valence-electron chi connectivity index (χ2n) is 10.9. The van der Waals surface area contributed by atoms with Gasteiger partial charge in [0, 0.05) is 36.9 Å². The van der Waals surface area contributed by atoms with E-state index in [2.05, 4.69) is 33.8 Å². The minimum absolute atomic E-state index is 0.0261. The quantitative estimate of drug-likeness (QED) is 0.234. The lowest BCUT2D eigenvalue weighted by atomic mass is 9.80. The van der Waals surface area contributed by atoms with E-state index in [1.165, 1.54) is 0 Å². The van der Waals surface area contributed by atoms with Crippen molar-refractivity contribution >= 4 is 22.7 Å². The molecule has 0 saturated heterocycles. The Hall–Kier alpha value is -4.19. The van der Waals surface area contributed by atoms with Crippen molar-refractivity contribution in [1.82, 2.24) is 20.5 Å². The number of urea groups is 1. The Morgan fingerprint density at radius 3 is 2.10 bits per heavy atom. The predicted octanol–water partition coefficient (Wildman–Crippen LogP) is 6.81. The summed E-state index contributed by atoms with van der Waals surface area (Å²) < 4.78 is 0. The minimum atomic E-state index is -0.517. The number of nitrogens with one attached hydrogen (secondary N) is 2. The van der Waals surface area contributed by atoms with E-state index in [0.29, 0.717) is 0 Å². The Balaban J connectivity index is 1.61. The predicted molar refractivity (Wildman–Crippen MR) is 162 cm³/mol. The van der Waals surface area contributed by atoms with Gasteiger partial charge < -0.3 is 15.5 Å². The Kier molecular flexibility index (Phi) is 9.54. The Bertz CT molecular complexity index is 1390. The van der Waals surface area contributed by atoms with Gasteiger partial charge in [0.05, 0.1) is 12.0 Å². The Labute approximate surface area is 237 Å². The molecule has 1 heterocycles. The van der Waals surface area contributed by atoms with Crippen LogP contribution in [0.3, 0.4) is 0 Å². The number of nitrogens with zero attached hydrogens (tertiary/aromatic N) is 2. The molecule has 6 nitrogen and oxygen atoms in total. The van der Waals surface area contributed by atoms with Crippen molar-refractivity contribution in [3.8, 4) is 0 Å². The van der Waals surface area contributed by atoms with Crippen molar-refractivity contribution in [3.63, 3.8) is 0 Å². The lowest BCUT2D eigenvalue weighted by Gasteiger charge is -2.37. The first-order chi connectivity index (χ1) is 19.3. The maximum Gasteiger partial charge on any atom is 0.315 e. The molecular formula is C34H40N4O2. The van der Waals surface area contributed by atoms with Crippen molar-refractivity contribution in [2.75, 3.05) is 6.54 Å². The molecule has 4 rings (SSSR count). The highest BCUT2D eigenvalue weighted by molar-refractivity contribution is 5.87. The number of rotatable bonds is 10. The third kappa shape index (κ3) is 6.68. The molecule has 0 spiro atoms. The third-order valence-corrected chi connectivity index (χ3v) is 7.43. The first-order valence-electron chi connectivity index (χ1n) is 14.1. The molecule has 40 heavy (non-hydrogen) atoms. The van der Waals surface area contributed by atoms with Crippen LogP contribution in [0.1, 0.15) is 69.2 Å². The van der Waals surface area contributed by atoms with Crippen molar-refractivity contribution in [2.45, 2.75) is 64.6 Å². The second kappa shape index (κ2) is 13.2. The summed E-state index contributed by atoms with van der Waals surface area (Å²) in [6, 6.07) is 27.6. The molecule has 0 radical (unpaired) electrons. The maximum atomic E-state index is 14.2. The number of aromatic nitrogens is 1. The van der Waals surface area contributed by atoms with Crippen molar-refractivity contribution in [2.24, 2.45) is 0 Å². The van der Waals surface area contributed by atoms with E-state index in [4.69, 9.17) is 0 Å². The zero-order chi connectivity index (χ0) is 28.6. The molecule has 1 aromatic heterocycles. The number of benzene rings is 3. The third-order valence-electron chi connectivity index (χ3n) is 7.43. The van der Waals surface area contributed by atoms with Crippen LogP contribution in [0.15, 0.2) is 97.3 Å². The fourth-order valence-electron chi connectivity index (χ4n) is 5.66. The molecule has 4 aromatic rings. The summed E-state index contributed by atoms with van der Waals surface area (Å²) in [5, 5.41) is 8.45. The lowest BCUT2D eigenvalue weighted by molar-refractivity contribution is -0.137. The zero-order valence-electron chi connectivity index (χ0n) is 24.0. The Morgan fingerprint density at radius 1 is 0.775 bits per heavy atom. The molecule has 3 unspecified atom stereocenters. The highest BCUT2D eigenvalue weighted by atomic mass is 16.2. The fraction of sp³-hybridized carbons (Fsp3) is 0.324. The van der Waals surface area contributed by atoms with Crippen LogP contribution >= 0.6 is 0 Å². The van der Waals surface area contributed by atoms with Gasteiger partial charge in [-0.25, -0.2) is 4.79 Å². The SMILES string of the molecule is CC(NC(=O)NCC(c1ccccc1)C(C(=O)N(C(C)C)C(C)C)c1cccnc1)c1cccc2ccccc12. The number of hydrogen-bond acceptors (Lipinski definition) is 3. The van der Waals surface area contributed by atoms with Crippen LogP contribution in [0.25, 0.3) is 10.8 Å². The van der Waals surface area contributed by atoms with E-state index < -0.39 is 5.92 Å². The fourth-order valence-corrected chi connectivity index (χ4v) is 5.66. The molecule has 3 aromatic carbocycles. The van der Waals surface area contributed by atoms with Gasteiger partial charge in [0.2, 0.25) is 5.91 Å². The maximum absolute atomic E-state index is 14.2. The normalized spacial score (nSPS) is 13.6. The summed E-state index contributed by atoms with van der Waals surface area (Å²) in [6.07, 6.45) is 3.48. The molecule has 0 bridgehead atoms. The molecule has 0 fully saturated rings. The lowest BCUT2D eigenvalue weighted by Crippen LogP contribution is -2.47. The molecule has 0 aliphatic heterocycles. The summed E-state index contributed by atoms with van der Waals surface area (Å²) in [5.41, 5.74) is 2.87. The molecule has 3 amide bonds. The monoisotopic (exact) mass is 536 g/mol.